The van der Waals surface area contributed by atoms with E-state index in [1.807, 2.05) is 0 Å². The molecule has 0 aromatic heterocycles. The van der Waals surface area contributed by atoms with Gasteiger partial charge >= 0.3 is 25.7 Å². The van der Waals surface area contributed by atoms with Crippen LogP contribution >= 0.6 is 7.82 Å². The van der Waals surface area contributed by atoms with Crippen molar-refractivity contribution in [1.29, 1.82) is 0 Å². The molecular weight excluding hydrogens is 880 g/mol. The zero-order valence-corrected chi connectivity index (χ0v) is 43.7. The Morgan fingerprint density at radius 2 is 0.765 bits per heavy atom. The maximum atomic E-state index is 12.8. The van der Waals surface area contributed by atoms with Crippen molar-refractivity contribution in [3.8, 4) is 0 Å². The molecule has 0 amide bonds. The van der Waals surface area contributed by atoms with Crippen LogP contribution in [0.25, 0.3) is 0 Å². The summed E-state index contributed by atoms with van der Waals surface area (Å²) in [5.41, 5.74) is 0. The predicted molar refractivity (Wildman–Crippen MR) is 279 cm³/mol. The second kappa shape index (κ2) is 50.1. The fourth-order valence-corrected chi connectivity index (χ4v) is 7.61. The van der Waals surface area contributed by atoms with E-state index in [4.69, 9.17) is 23.3 Å². The smallest absolute Gasteiger partial charge is 0.462 e. The van der Waals surface area contributed by atoms with E-state index < -0.39 is 57.8 Å². The van der Waals surface area contributed by atoms with E-state index in [1.165, 1.54) is 44.9 Å². The van der Waals surface area contributed by atoms with Crippen molar-refractivity contribution in [2.75, 3.05) is 26.4 Å². The van der Waals surface area contributed by atoms with Crippen LogP contribution in [-0.4, -0.2) is 66.5 Å². The minimum Gasteiger partial charge on any atom is -0.462 e. The molecule has 390 valence electrons. The number of esters is 3. The lowest BCUT2D eigenvalue weighted by Crippen LogP contribution is -2.30. The molecule has 0 aromatic rings. The SMILES string of the molecule is CC/C=C\C/C=C\C/C=C\C/C=C\CCCCCCC(=O)OCC(COP(=O)(O)OCC(CO)OC(=O)CCCCCCCCCCCCC)OC(=O)CCCCC/C=C\C/C=C\C/C=C\CC. The fourth-order valence-electron chi connectivity index (χ4n) is 6.83. The molecule has 0 heterocycles. The quantitative estimate of drug-likeness (QED) is 0.0197. The number of allylic oxidation sites excluding steroid dienone is 14. The lowest BCUT2D eigenvalue weighted by molar-refractivity contribution is -0.161. The number of carbonyl (C=O) groups is 3. The van der Waals surface area contributed by atoms with Crippen LogP contribution in [0.3, 0.4) is 0 Å². The van der Waals surface area contributed by atoms with E-state index in [0.29, 0.717) is 19.3 Å². The number of rotatable bonds is 48. The Balaban J connectivity index is 4.81. The molecule has 0 saturated carbocycles. The number of ether oxygens (including phenoxy) is 3. The van der Waals surface area contributed by atoms with E-state index >= 15 is 0 Å². The molecule has 2 N–H and O–H groups in total. The van der Waals surface area contributed by atoms with Gasteiger partial charge in [-0.3, -0.25) is 23.4 Å². The molecular formula is C56H95O11P. The van der Waals surface area contributed by atoms with Gasteiger partial charge in [0, 0.05) is 19.3 Å². The van der Waals surface area contributed by atoms with Crippen molar-refractivity contribution >= 4 is 25.7 Å². The number of phosphoric acid groups is 1. The summed E-state index contributed by atoms with van der Waals surface area (Å²) in [6.45, 7) is 4.33. The predicted octanol–water partition coefficient (Wildman–Crippen LogP) is 15.1. The Morgan fingerprint density at radius 1 is 0.426 bits per heavy atom. The molecule has 0 radical (unpaired) electrons. The fraction of sp³-hybridized carbons (Fsp3) is 0.696. The zero-order chi connectivity index (χ0) is 49.9. The number of carbonyl (C=O) groups excluding carboxylic acids is 3. The average molecular weight is 975 g/mol. The number of phosphoric ester groups is 1. The van der Waals surface area contributed by atoms with Crippen molar-refractivity contribution in [2.24, 2.45) is 0 Å². The Morgan fingerprint density at radius 3 is 1.19 bits per heavy atom. The summed E-state index contributed by atoms with van der Waals surface area (Å²) >= 11 is 0. The normalized spacial score (nSPS) is 14.1. The highest BCUT2D eigenvalue weighted by molar-refractivity contribution is 7.47. The van der Waals surface area contributed by atoms with Gasteiger partial charge in [-0.15, -0.1) is 0 Å². The second-order valence-corrected chi connectivity index (χ2v) is 18.7. The molecule has 0 aliphatic rings. The zero-order valence-electron chi connectivity index (χ0n) is 42.8. The van der Waals surface area contributed by atoms with Gasteiger partial charge in [-0.2, -0.15) is 0 Å². The first kappa shape index (κ1) is 64.7. The van der Waals surface area contributed by atoms with Crippen LogP contribution in [-0.2, 0) is 42.2 Å². The monoisotopic (exact) mass is 975 g/mol. The molecule has 0 saturated heterocycles. The number of hydrogen-bond acceptors (Lipinski definition) is 10. The first-order valence-corrected chi connectivity index (χ1v) is 28.0. The summed E-state index contributed by atoms with van der Waals surface area (Å²) in [4.78, 5) is 48.3. The molecule has 68 heavy (non-hydrogen) atoms. The van der Waals surface area contributed by atoms with Gasteiger partial charge in [0.25, 0.3) is 0 Å². The topological polar surface area (TPSA) is 155 Å². The van der Waals surface area contributed by atoms with Gasteiger partial charge in [0.05, 0.1) is 19.8 Å². The summed E-state index contributed by atoms with van der Waals surface area (Å²) in [5, 5.41) is 9.77. The van der Waals surface area contributed by atoms with Gasteiger partial charge in [0.15, 0.2) is 6.10 Å². The van der Waals surface area contributed by atoms with Crippen molar-refractivity contribution in [1.82, 2.24) is 0 Å². The van der Waals surface area contributed by atoms with Crippen molar-refractivity contribution in [3.63, 3.8) is 0 Å². The second-order valence-electron chi connectivity index (χ2n) is 17.3. The highest BCUT2D eigenvalue weighted by Gasteiger charge is 2.28. The van der Waals surface area contributed by atoms with Gasteiger partial charge < -0.3 is 24.2 Å². The molecule has 0 fully saturated rings. The molecule has 0 aliphatic heterocycles. The van der Waals surface area contributed by atoms with Gasteiger partial charge in [-0.1, -0.05) is 189 Å². The van der Waals surface area contributed by atoms with Crippen molar-refractivity contribution in [3.05, 3.63) is 85.1 Å². The van der Waals surface area contributed by atoms with Crippen LogP contribution in [0.15, 0.2) is 85.1 Å². The van der Waals surface area contributed by atoms with Gasteiger partial charge in [0.1, 0.15) is 12.7 Å². The van der Waals surface area contributed by atoms with E-state index in [0.717, 1.165) is 109 Å². The lowest BCUT2D eigenvalue weighted by atomic mass is 10.1. The average Bonchev–Trinajstić information content (AvgIpc) is 3.32. The molecule has 0 rings (SSSR count). The summed E-state index contributed by atoms with van der Waals surface area (Å²) in [7, 11) is -4.76. The third-order valence-electron chi connectivity index (χ3n) is 10.8. The first-order valence-electron chi connectivity index (χ1n) is 26.5. The van der Waals surface area contributed by atoms with Crippen LogP contribution in [0, 0.1) is 0 Å². The van der Waals surface area contributed by atoms with Gasteiger partial charge in [-0.05, 0) is 89.9 Å². The minimum absolute atomic E-state index is 0.124. The summed E-state index contributed by atoms with van der Waals surface area (Å²) in [6, 6.07) is 0. The van der Waals surface area contributed by atoms with Crippen LogP contribution < -0.4 is 0 Å². The van der Waals surface area contributed by atoms with Crippen molar-refractivity contribution < 1.29 is 52.2 Å². The maximum Gasteiger partial charge on any atom is 0.472 e. The Labute approximate surface area is 413 Å². The van der Waals surface area contributed by atoms with Crippen LogP contribution in [0.4, 0.5) is 0 Å². The highest BCUT2D eigenvalue weighted by Crippen LogP contribution is 2.43. The third kappa shape index (κ3) is 47.7. The van der Waals surface area contributed by atoms with Crippen LogP contribution in [0.2, 0.25) is 0 Å². The van der Waals surface area contributed by atoms with Gasteiger partial charge in [-0.25, -0.2) is 4.57 Å². The molecule has 0 bridgehead atoms. The van der Waals surface area contributed by atoms with E-state index in [-0.39, 0.29) is 25.9 Å². The molecule has 0 spiro atoms. The van der Waals surface area contributed by atoms with E-state index in [9.17, 15) is 28.9 Å². The van der Waals surface area contributed by atoms with Crippen LogP contribution in [0.5, 0.6) is 0 Å². The molecule has 12 heteroatoms. The number of aliphatic hydroxyl groups excluding tert-OH is 1. The van der Waals surface area contributed by atoms with E-state index in [2.05, 4.69) is 106 Å². The number of hydrogen-bond donors (Lipinski definition) is 2. The summed E-state index contributed by atoms with van der Waals surface area (Å²) in [5.74, 6) is -1.53. The maximum absolute atomic E-state index is 12.8. The minimum atomic E-state index is -4.76. The first-order chi connectivity index (χ1) is 33.2. The Kier molecular flexibility index (Phi) is 47.6. The standard InChI is InChI=1S/C56H95O11P/c1-4-7-10-13-16-19-22-24-25-26-27-29-31-33-36-39-42-45-54(58)63-49-53(67-56(60)47-44-41-38-35-32-28-23-20-17-14-11-8-5-2)51-65-68(61,62)64-50-52(48-57)66-55(59)46-43-40-37-34-30-21-18-15-12-9-6-3/h7-8,10-11,16-17,19-20,24-25,27-29,32,52-53,57H,4-6,9,12-15,18,21-23,26,30-31,33-51H2,1-3H3,(H,61,62)/b10-7-,11-8-,19-16-,20-17-,25-24-,29-27-,32-28-. The largest absolute Gasteiger partial charge is 0.472 e. The molecule has 11 nitrogen and oxygen atoms in total. The van der Waals surface area contributed by atoms with Crippen LogP contribution in [0.1, 0.15) is 213 Å². The van der Waals surface area contributed by atoms with Gasteiger partial charge in [0.2, 0.25) is 0 Å². The van der Waals surface area contributed by atoms with Crippen molar-refractivity contribution in [2.45, 2.75) is 226 Å². The molecule has 0 aromatic carbocycles. The summed E-state index contributed by atoms with van der Waals surface area (Å²) < 4.78 is 39.3. The molecule has 3 atom stereocenters. The number of aliphatic hydroxyl groups is 1. The molecule has 0 aliphatic carbocycles. The molecule has 3 unspecified atom stereocenters. The summed E-state index contributed by atoms with van der Waals surface area (Å²) in [6.07, 6.45) is 55.5. The Hall–Kier alpha value is -3.34. The third-order valence-corrected chi connectivity index (χ3v) is 11.8. The Bertz CT molecular complexity index is 1460. The van der Waals surface area contributed by atoms with E-state index in [1.54, 1.807) is 0 Å². The lowest BCUT2D eigenvalue weighted by Gasteiger charge is -2.21. The highest BCUT2D eigenvalue weighted by atomic mass is 31.2. The number of unbranched alkanes of at least 4 members (excludes halogenated alkanes) is 17.